The van der Waals surface area contributed by atoms with Crippen LogP contribution in [0.4, 0.5) is 26.3 Å². The molecule has 0 bridgehead atoms. The number of alkyl halides is 6. The highest BCUT2D eigenvalue weighted by Crippen LogP contribution is 2.37. The molecule has 10 heteroatoms. The summed E-state index contributed by atoms with van der Waals surface area (Å²) in [4.78, 5) is 26.0. The second kappa shape index (κ2) is 11.1. The Morgan fingerprint density at radius 3 is 2.05 bits per heavy atom. The van der Waals surface area contributed by atoms with Gasteiger partial charge in [0, 0.05) is 18.7 Å². The third-order valence-electron chi connectivity index (χ3n) is 5.69. The van der Waals surface area contributed by atoms with E-state index in [-0.39, 0.29) is 35.3 Å². The summed E-state index contributed by atoms with van der Waals surface area (Å²) in [5.74, 6) is -1.22. The van der Waals surface area contributed by atoms with Gasteiger partial charge in [0.1, 0.15) is 0 Å². The smallest absolute Gasteiger partial charge is 0.416 e. The van der Waals surface area contributed by atoms with Crippen LogP contribution in [-0.4, -0.2) is 30.4 Å². The number of carbonyl (C=O) groups is 2. The van der Waals surface area contributed by atoms with E-state index in [0.29, 0.717) is 5.56 Å². The fourth-order valence-electron chi connectivity index (χ4n) is 3.83. The molecule has 0 heterocycles. The van der Waals surface area contributed by atoms with Crippen LogP contribution in [0.15, 0.2) is 66.7 Å². The van der Waals surface area contributed by atoms with Crippen molar-refractivity contribution >= 4 is 11.9 Å². The molecule has 0 saturated heterocycles. The van der Waals surface area contributed by atoms with Gasteiger partial charge in [-0.05, 0) is 65.6 Å². The Bertz CT molecular complexity index is 1270. The molecule has 0 atom stereocenters. The number of amides is 1. The van der Waals surface area contributed by atoms with Crippen LogP contribution < -0.4 is 0 Å². The van der Waals surface area contributed by atoms with E-state index in [2.05, 4.69) is 4.74 Å². The second-order valence-corrected chi connectivity index (χ2v) is 8.22. The predicted octanol–water partition coefficient (Wildman–Crippen LogP) is 6.77. The molecule has 3 aromatic carbocycles. The molecule has 37 heavy (non-hydrogen) atoms. The normalized spacial score (nSPS) is 11.8. The van der Waals surface area contributed by atoms with E-state index >= 15 is 0 Å². The van der Waals surface area contributed by atoms with Gasteiger partial charge in [-0.25, -0.2) is 0 Å². The van der Waals surface area contributed by atoms with Gasteiger partial charge in [-0.3, -0.25) is 9.59 Å². The van der Waals surface area contributed by atoms with Gasteiger partial charge in [0.25, 0.3) is 5.91 Å². The summed E-state index contributed by atoms with van der Waals surface area (Å²) < 4.78 is 86.1. The first-order chi connectivity index (χ1) is 17.3. The Kier molecular flexibility index (Phi) is 8.30. The highest BCUT2D eigenvalue weighted by molar-refractivity contribution is 5.94. The van der Waals surface area contributed by atoms with Crippen LogP contribution in [0.5, 0.6) is 0 Å². The Labute approximate surface area is 209 Å². The molecule has 1 amide bonds. The number of nitrogens with zero attached hydrogens (tertiary/aromatic N) is 1. The lowest BCUT2D eigenvalue weighted by Gasteiger charge is -2.24. The van der Waals surface area contributed by atoms with E-state index in [0.717, 1.165) is 37.4 Å². The van der Waals surface area contributed by atoms with E-state index < -0.39 is 41.8 Å². The van der Waals surface area contributed by atoms with Gasteiger partial charge in [-0.1, -0.05) is 30.3 Å². The first-order valence-corrected chi connectivity index (χ1v) is 11.2. The molecule has 0 spiro atoms. The highest BCUT2D eigenvalue weighted by atomic mass is 19.4. The van der Waals surface area contributed by atoms with Crippen molar-refractivity contribution in [1.29, 1.82) is 0 Å². The largest absolute Gasteiger partial charge is 0.469 e. The average Bonchev–Trinajstić information content (AvgIpc) is 2.86. The Hall–Kier alpha value is -3.82. The van der Waals surface area contributed by atoms with Crippen LogP contribution in [0, 0.1) is 0 Å². The van der Waals surface area contributed by atoms with Crippen molar-refractivity contribution in [3.63, 3.8) is 0 Å². The van der Waals surface area contributed by atoms with Crippen molar-refractivity contribution in [3.8, 4) is 11.1 Å². The summed E-state index contributed by atoms with van der Waals surface area (Å²) in [5.41, 5.74) is -1.74. The van der Waals surface area contributed by atoms with E-state index in [1.54, 1.807) is 37.3 Å². The predicted molar refractivity (Wildman–Crippen MR) is 124 cm³/mol. The van der Waals surface area contributed by atoms with Crippen LogP contribution in [0.2, 0.25) is 0 Å². The van der Waals surface area contributed by atoms with E-state index in [4.69, 9.17) is 0 Å². The summed E-state index contributed by atoms with van der Waals surface area (Å²) in [6.07, 6.45) is -9.94. The monoisotopic (exact) mass is 523 g/mol. The molecular weight excluding hydrogens is 500 g/mol. The van der Waals surface area contributed by atoms with Gasteiger partial charge >= 0.3 is 18.3 Å². The van der Waals surface area contributed by atoms with Crippen LogP contribution >= 0.6 is 0 Å². The number of benzene rings is 3. The quantitative estimate of drug-likeness (QED) is 0.254. The lowest BCUT2D eigenvalue weighted by atomic mass is 9.93. The van der Waals surface area contributed by atoms with Crippen LogP contribution in [0.1, 0.15) is 39.5 Å². The molecule has 3 aromatic rings. The number of carbonyl (C=O) groups excluding carboxylic acids is 2. The van der Waals surface area contributed by atoms with Crippen LogP contribution in [0.3, 0.4) is 0 Å². The first kappa shape index (κ1) is 27.8. The molecule has 3 rings (SSSR count). The minimum atomic E-state index is -4.77. The van der Waals surface area contributed by atoms with E-state index in [1.807, 2.05) is 0 Å². The standard InChI is InChI=1S/C27H23F6NO3/c1-3-34(25(36)18-7-5-4-6-8-18)16-20-15-21(26(28,29)30)9-10-23(20)19-11-17(13-24(35)37-2)12-22(14-19)27(31,32)33/h4-12,14-15H,3,13,16H2,1-2H3. The Morgan fingerprint density at radius 2 is 1.49 bits per heavy atom. The zero-order valence-electron chi connectivity index (χ0n) is 19.9. The zero-order valence-corrected chi connectivity index (χ0v) is 19.9. The van der Waals surface area contributed by atoms with E-state index in [1.165, 1.54) is 11.0 Å². The second-order valence-electron chi connectivity index (χ2n) is 8.22. The van der Waals surface area contributed by atoms with Gasteiger partial charge in [0.2, 0.25) is 0 Å². The molecule has 0 saturated carbocycles. The third kappa shape index (κ3) is 6.90. The number of ether oxygens (including phenoxy) is 1. The number of esters is 1. The highest BCUT2D eigenvalue weighted by Gasteiger charge is 2.33. The molecule has 0 unspecified atom stereocenters. The summed E-state index contributed by atoms with van der Waals surface area (Å²) >= 11 is 0. The summed E-state index contributed by atoms with van der Waals surface area (Å²) in [6, 6.07) is 13.7. The fraction of sp³-hybridized carbons (Fsp3) is 0.259. The number of hydrogen-bond acceptors (Lipinski definition) is 3. The Morgan fingerprint density at radius 1 is 0.838 bits per heavy atom. The lowest BCUT2D eigenvalue weighted by molar-refractivity contribution is -0.140. The van der Waals surface area contributed by atoms with Gasteiger partial charge in [0.15, 0.2) is 0 Å². The molecule has 0 aromatic heterocycles. The molecule has 4 nitrogen and oxygen atoms in total. The molecule has 0 N–H and O–H groups in total. The molecule has 0 aliphatic carbocycles. The van der Waals surface area contributed by atoms with Crippen molar-refractivity contribution in [1.82, 2.24) is 4.90 Å². The van der Waals surface area contributed by atoms with Gasteiger partial charge in [-0.2, -0.15) is 26.3 Å². The third-order valence-corrected chi connectivity index (χ3v) is 5.69. The topological polar surface area (TPSA) is 46.6 Å². The molecule has 0 radical (unpaired) electrons. The minimum Gasteiger partial charge on any atom is -0.469 e. The van der Waals surface area contributed by atoms with Crippen molar-refractivity contribution in [3.05, 3.63) is 94.5 Å². The summed E-state index contributed by atoms with van der Waals surface area (Å²) in [6.45, 7) is 1.50. The van der Waals surface area contributed by atoms with Gasteiger partial charge in [-0.15, -0.1) is 0 Å². The molecule has 0 fully saturated rings. The van der Waals surface area contributed by atoms with Crippen molar-refractivity contribution in [2.45, 2.75) is 32.2 Å². The van der Waals surface area contributed by atoms with Crippen LogP contribution in [-0.2, 0) is 34.8 Å². The first-order valence-electron chi connectivity index (χ1n) is 11.2. The lowest BCUT2D eigenvalue weighted by Crippen LogP contribution is -2.30. The SMILES string of the molecule is CCN(Cc1cc(C(F)(F)F)ccc1-c1cc(CC(=O)OC)cc(C(F)(F)F)c1)C(=O)c1ccccc1. The van der Waals surface area contributed by atoms with Crippen molar-refractivity contribution < 1.29 is 40.7 Å². The van der Waals surface area contributed by atoms with Crippen LogP contribution in [0.25, 0.3) is 11.1 Å². The molecule has 196 valence electrons. The van der Waals surface area contributed by atoms with Gasteiger partial charge < -0.3 is 9.64 Å². The van der Waals surface area contributed by atoms with Gasteiger partial charge in [0.05, 0.1) is 24.7 Å². The maximum atomic E-state index is 13.6. The zero-order chi connectivity index (χ0) is 27.4. The Balaban J connectivity index is 2.16. The van der Waals surface area contributed by atoms with E-state index in [9.17, 15) is 35.9 Å². The maximum absolute atomic E-state index is 13.6. The maximum Gasteiger partial charge on any atom is 0.416 e. The number of methoxy groups -OCH3 is 1. The number of halogens is 6. The number of hydrogen-bond donors (Lipinski definition) is 0. The fourth-order valence-corrected chi connectivity index (χ4v) is 3.83. The molecule has 0 aliphatic rings. The summed E-state index contributed by atoms with van der Waals surface area (Å²) in [7, 11) is 1.09. The van der Waals surface area contributed by atoms with Crippen molar-refractivity contribution in [2.24, 2.45) is 0 Å². The molecule has 0 aliphatic heterocycles. The number of rotatable bonds is 7. The summed E-state index contributed by atoms with van der Waals surface area (Å²) in [5, 5.41) is 0. The average molecular weight is 523 g/mol. The minimum absolute atomic E-state index is 0.00398. The van der Waals surface area contributed by atoms with Crippen molar-refractivity contribution in [2.75, 3.05) is 13.7 Å². The molecular formula is C27H23F6NO3.